The summed E-state index contributed by atoms with van der Waals surface area (Å²) < 4.78 is 10.4. The highest BCUT2D eigenvalue weighted by Gasteiger charge is 2.39. The highest BCUT2D eigenvalue weighted by Crippen LogP contribution is 2.42. The fraction of sp³-hybridized carbons (Fsp3) is 0.615. The molecule has 1 aromatic carbocycles. The number of esters is 1. The van der Waals surface area contributed by atoms with Crippen LogP contribution in [-0.2, 0) is 14.3 Å². The van der Waals surface area contributed by atoms with E-state index in [4.69, 9.17) is 4.74 Å². The van der Waals surface area contributed by atoms with Crippen molar-refractivity contribution in [2.75, 3.05) is 12.9 Å². The number of ether oxygens (including phenoxy) is 2. The first kappa shape index (κ1) is 26.3. The Balaban J connectivity index is 1.80. The van der Waals surface area contributed by atoms with E-state index in [1.54, 1.807) is 11.8 Å². The summed E-state index contributed by atoms with van der Waals surface area (Å²) in [4.78, 5) is 26.0. The van der Waals surface area contributed by atoms with Crippen molar-refractivity contribution in [3.05, 3.63) is 48.0 Å². The molecular weight excluding hydrogens is 422 g/mol. The summed E-state index contributed by atoms with van der Waals surface area (Å²) in [6, 6.07) is 10.2. The molecule has 1 saturated heterocycles. The van der Waals surface area contributed by atoms with Gasteiger partial charge in [-0.3, -0.25) is 9.69 Å². The zero-order chi connectivity index (χ0) is 23.4. The van der Waals surface area contributed by atoms with E-state index in [0.29, 0.717) is 6.42 Å². The average molecular weight is 462 g/mol. The molecule has 1 aliphatic heterocycles. The molecule has 1 amide bonds. The number of benzene rings is 1. The number of methoxy groups -OCH3 is 1. The van der Waals surface area contributed by atoms with Gasteiger partial charge in [-0.1, -0.05) is 68.2 Å². The number of amides is 1. The predicted octanol–water partition coefficient (Wildman–Crippen LogP) is 6.89. The maximum absolute atomic E-state index is 13.0. The van der Waals surface area contributed by atoms with Crippen molar-refractivity contribution in [1.82, 2.24) is 4.90 Å². The molecule has 1 heterocycles. The summed E-state index contributed by atoms with van der Waals surface area (Å²) in [6.45, 7) is 5.73. The van der Waals surface area contributed by atoms with Gasteiger partial charge in [-0.2, -0.15) is 0 Å². The second-order valence-corrected chi connectivity index (χ2v) is 10.3. The molecule has 0 N–H and O–H groups in total. The molecule has 0 aliphatic carbocycles. The van der Waals surface area contributed by atoms with E-state index < -0.39 is 5.60 Å². The monoisotopic (exact) mass is 461 g/mol. The lowest BCUT2D eigenvalue weighted by Crippen LogP contribution is -2.40. The Bertz CT molecular complexity index is 729. The second-order valence-electron chi connectivity index (χ2n) is 9.22. The van der Waals surface area contributed by atoms with Gasteiger partial charge in [0.05, 0.1) is 13.2 Å². The number of allylic oxidation sites excluding steroid dienone is 1. The number of hydrogen-bond acceptors (Lipinski definition) is 5. The molecule has 0 radical (unpaired) electrons. The number of unbranched alkanes of at least 4 members (excludes halogenated alkanes) is 6. The van der Waals surface area contributed by atoms with Gasteiger partial charge in [-0.15, -0.1) is 11.8 Å². The zero-order valence-corrected chi connectivity index (χ0v) is 20.9. The Hall–Kier alpha value is -1.95. The molecule has 0 saturated carbocycles. The summed E-state index contributed by atoms with van der Waals surface area (Å²) in [5, 5.41) is -0.0225. The lowest BCUT2D eigenvalue weighted by atomic mass is 10.1. The van der Waals surface area contributed by atoms with Crippen molar-refractivity contribution in [3.63, 3.8) is 0 Å². The Kier molecular flexibility index (Phi) is 11.1. The quantitative estimate of drug-likeness (QED) is 0.204. The van der Waals surface area contributed by atoms with Crippen molar-refractivity contribution in [3.8, 4) is 0 Å². The number of rotatable bonds is 11. The topological polar surface area (TPSA) is 55.8 Å². The van der Waals surface area contributed by atoms with E-state index >= 15 is 0 Å². The van der Waals surface area contributed by atoms with Gasteiger partial charge in [-0.25, -0.2) is 4.79 Å². The smallest absolute Gasteiger partial charge is 0.411 e. The number of carbonyl (C=O) groups is 2. The van der Waals surface area contributed by atoms with Crippen LogP contribution >= 0.6 is 11.8 Å². The van der Waals surface area contributed by atoms with Crippen LogP contribution in [0.5, 0.6) is 0 Å². The molecule has 1 unspecified atom stereocenters. The van der Waals surface area contributed by atoms with Crippen LogP contribution in [0.1, 0.15) is 83.1 Å². The van der Waals surface area contributed by atoms with Gasteiger partial charge in [0.15, 0.2) is 0 Å². The minimum Gasteiger partial charge on any atom is -0.469 e. The maximum Gasteiger partial charge on any atom is 0.411 e. The van der Waals surface area contributed by atoms with E-state index in [0.717, 1.165) is 43.4 Å². The van der Waals surface area contributed by atoms with Gasteiger partial charge in [-0.05, 0) is 45.6 Å². The molecule has 2 atom stereocenters. The molecule has 1 fully saturated rings. The third-order valence-electron chi connectivity index (χ3n) is 5.31. The molecule has 2 rings (SSSR count). The fourth-order valence-electron chi connectivity index (χ4n) is 3.69. The third kappa shape index (κ3) is 9.27. The van der Waals surface area contributed by atoms with Crippen molar-refractivity contribution in [2.24, 2.45) is 0 Å². The van der Waals surface area contributed by atoms with Crippen molar-refractivity contribution in [2.45, 2.75) is 89.2 Å². The highest BCUT2D eigenvalue weighted by molar-refractivity contribution is 7.99. The van der Waals surface area contributed by atoms with Crippen molar-refractivity contribution in [1.29, 1.82) is 0 Å². The van der Waals surface area contributed by atoms with Gasteiger partial charge in [0.25, 0.3) is 0 Å². The van der Waals surface area contributed by atoms with Gasteiger partial charge in [0.1, 0.15) is 11.0 Å². The minimum atomic E-state index is -0.517. The van der Waals surface area contributed by atoms with Crippen molar-refractivity contribution >= 4 is 23.8 Å². The first-order chi connectivity index (χ1) is 15.3. The molecule has 178 valence electrons. The number of carbonyl (C=O) groups excluding carboxylic acids is 2. The van der Waals surface area contributed by atoms with Gasteiger partial charge in [0.2, 0.25) is 0 Å². The van der Waals surface area contributed by atoms with E-state index in [-0.39, 0.29) is 23.5 Å². The normalized spacial score (nSPS) is 18.8. The van der Waals surface area contributed by atoms with Gasteiger partial charge < -0.3 is 9.47 Å². The van der Waals surface area contributed by atoms with Crippen LogP contribution in [0.4, 0.5) is 4.79 Å². The third-order valence-corrected chi connectivity index (χ3v) is 6.66. The Morgan fingerprint density at radius 3 is 2.38 bits per heavy atom. The molecular formula is C26H39NO4S. The van der Waals surface area contributed by atoms with Crippen molar-refractivity contribution < 1.29 is 19.1 Å². The lowest BCUT2D eigenvalue weighted by Gasteiger charge is -2.31. The van der Waals surface area contributed by atoms with E-state index in [1.807, 2.05) is 43.9 Å². The predicted molar refractivity (Wildman–Crippen MR) is 132 cm³/mol. The standard InChI is InChI=1S/C26H39NO4S/c1-26(2,3)31-25(29)27-22(20-32-24(27)21-16-12-11-13-17-21)18-14-9-7-5-6-8-10-15-19-23(28)30-4/h11-14,16-18,22,24H,5-10,15,19-20H2,1-4H3/b18-14+/t22?,24-/m1/s1. The summed E-state index contributed by atoms with van der Waals surface area (Å²) in [6.07, 6.45) is 12.3. The van der Waals surface area contributed by atoms with E-state index in [1.165, 1.54) is 20.0 Å². The number of nitrogens with zero attached hydrogens (tertiary/aromatic N) is 1. The Morgan fingerprint density at radius 2 is 1.72 bits per heavy atom. The van der Waals surface area contributed by atoms with Gasteiger partial charge in [0, 0.05) is 12.2 Å². The average Bonchev–Trinajstić information content (AvgIpc) is 3.18. The molecule has 5 nitrogen and oxygen atoms in total. The van der Waals surface area contributed by atoms with Crippen LogP contribution in [0, 0.1) is 0 Å². The summed E-state index contributed by atoms with van der Waals surface area (Å²) in [5.74, 6) is 0.755. The van der Waals surface area contributed by atoms with Crippen LogP contribution in [0.3, 0.4) is 0 Å². The van der Waals surface area contributed by atoms with Crippen LogP contribution in [-0.4, -0.2) is 41.5 Å². The fourth-order valence-corrected chi connectivity index (χ4v) is 5.09. The highest BCUT2D eigenvalue weighted by atomic mass is 32.2. The molecule has 1 aliphatic rings. The van der Waals surface area contributed by atoms with Crippen LogP contribution in [0.15, 0.2) is 42.5 Å². The zero-order valence-electron chi connectivity index (χ0n) is 20.0. The van der Waals surface area contributed by atoms with E-state index in [9.17, 15) is 9.59 Å². The number of thioether (sulfide) groups is 1. The molecule has 0 bridgehead atoms. The van der Waals surface area contributed by atoms with Crippen LogP contribution < -0.4 is 0 Å². The number of hydrogen-bond donors (Lipinski definition) is 0. The first-order valence-electron chi connectivity index (χ1n) is 11.7. The maximum atomic E-state index is 13.0. The van der Waals surface area contributed by atoms with Crippen LogP contribution in [0.25, 0.3) is 0 Å². The second kappa shape index (κ2) is 13.6. The molecule has 32 heavy (non-hydrogen) atoms. The lowest BCUT2D eigenvalue weighted by molar-refractivity contribution is -0.140. The SMILES string of the molecule is COC(=O)CCCCCCCC/C=C/C1CS[C@H](c2ccccc2)N1C(=O)OC(C)(C)C. The Labute approximate surface area is 197 Å². The summed E-state index contributed by atoms with van der Waals surface area (Å²) in [7, 11) is 1.44. The molecule has 6 heteroatoms. The summed E-state index contributed by atoms with van der Waals surface area (Å²) in [5.41, 5.74) is 0.614. The Morgan fingerprint density at radius 1 is 1.06 bits per heavy atom. The van der Waals surface area contributed by atoms with Gasteiger partial charge >= 0.3 is 12.1 Å². The summed E-state index contributed by atoms with van der Waals surface area (Å²) >= 11 is 1.79. The van der Waals surface area contributed by atoms with E-state index in [2.05, 4.69) is 29.0 Å². The largest absolute Gasteiger partial charge is 0.469 e. The first-order valence-corrected chi connectivity index (χ1v) is 12.8. The molecule has 1 aromatic rings. The molecule has 0 spiro atoms. The van der Waals surface area contributed by atoms with Crippen LogP contribution in [0.2, 0.25) is 0 Å². The minimum absolute atomic E-state index is 0.0225. The molecule has 0 aromatic heterocycles.